The summed E-state index contributed by atoms with van der Waals surface area (Å²) in [4.78, 5) is 75.0. The number of nitrogens with one attached hydrogen (secondary N) is 1. The molecule has 0 aliphatic heterocycles. The molecule has 0 heterocycles. The molecular weight excluding hydrogens is 622 g/mol. The molecule has 0 unspecified atom stereocenters. The van der Waals surface area contributed by atoms with Crippen molar-refractivity contribution in [2.24, 2.45) is 0 Å². The van der Waals surface area contributed by atoms with E-state index < -0.39 is 48.0 Å². The van der Waals surface area contributed by atoms with Crippen LogP contribution in [0.25, 0.3) is 0 Å². The first-order chi connectivity index (χ1) is 22.4. The van der Waals surface area contributed by atoms with E-state index in [1.165, 1.54) is 45.6 Å². The Kier molecular flexibility index (Phi) is 12.2. The van der Waals surface area contributed by atoms with E-state index in [2.05, 4.69) is 5.32 Å². The maximum atomic E-state index is 13.5. The number of amides is 1. The Bertz CT molecular complexity index is 1670. The van der Waals surface area contributed by atoms with Gasteiger partial charge in [-0.3, -0.25) is 14.4 Å². The number of carboxylic acids is 1. The molecule has 0 saturated carbocycles. The first-order valence-corrected chi connectivity index (χ1v) is 13.7. The number of aliphatic carboxylic acids is 1. The van der Waals surface area contributed by atoms with Gasteiger partial charge in [0, 0.05) is 26.0 Å². The van der Waals surface area contributed by atoms with E-state index in [1.807, 2.05) is 0 Å². The second-order valence-electron chi connectivity index (χ2n) is 9.44. The third-order valence-electron chi connectivity index (χ3n) is 6.20. The van der Waals surface area contributed by atoms with E-state index in [9.17, 15) is 33.9 Å². The lowest BCUT2D eigenvalue weighted by Crippen LogP contribution is -2.50. The highest BCUT2D eigenvalue weighted by molar-refractivity contribution is 5.97. The van der Waals surface area contributed by atoms with Crippen molar-refractivity contribution in [1.82, 2.24) is 5.32 Å². The highest BCUT2D eigenvalue weighted by Gasteiger charge is 2.41. The van der Waals surface area contributed by atoms with Gasteiger partial charge in [0.05, 0.1) is 32.5 Å². The van der Waals surface area contributed by atoms with Crippen LogP contribution >= 0.6 is 0 Å². The molecule has 15 nitrogen and oxygen atoms in total. The summed E-state index contributed by atoms with van der Waals surface area (Å²) in [6, 6.07) is 13.7. The predicted molar refractivity (Wildman–Crippen MR) is 159 cm³/mol. The first kappa shape index (κ1) is 35.4. The Morgan fingerprint density at radius 3 is 1.55 bits per heavy atom. The van der Waals surface area contributed by atoms with Crippen molar-refractivity contribution < 1.29 is 67.0 Å². The number of benzene rings is 3. The van der Waals surface area contributed by atoms with Crippen LogP contribution in [0.4, 0.5) is 0 Å². The average Bonchev–Trinajstić information content (AvgIpc) is 3.04. The van der Waals surface area contributed by atoms with E-state index in [0.717, 1.165) is 26.0 Å². The molecule has 0 fully saturated rings. The Labute approximate surface area is 268 Å². The van der Waals surface area contributed by atoms with Crippen LogP contribution in [0.3, 0.4) is 0 Å². The van der Waals surface area contributed by atoms with Crippen molar-refractivity contribution in [3.05, 3.63) is 77.4 Å². The van der Waals surface area contributed by atoms with Crippen molar-refractivity contribution in [3.8, 4) is 28.7 Å². The summed E-state index contributed by atoms with van der Waals surface area (Å²) in [5.41, 5.74) is 0.0407. The molecule has 3 rings (SSSR count). The summed E-state index contributed by atoms with van der Waals surface area (Å²) in [6.45, 7) is 2.13. The second kappa shape index (κ2) is 16.3. The van der Waals surface area contributed by atoms with Crippen LogP contribution in [0.15, 0.2) is 60.7 Å². The van der Waals surface area contributed by atoms with E-state index in [-0.39, 0.29) is 40.7 Å². The van der Waals surface area contributed by atoms with Gasteiger partial charge in [0.1, 0.15) is 5.75 Å². The number of carbonyl (C=O) groups is 6. The maximum Gasteiger partial charge on any atom is 0.349 e. The minimum Gasteiger partial charge on any atom is -0.496 e. The highest BCUT2D eigenvalue weighted by Crippen LogP contribution is 2.30. The zero-order valence-electron chi connectivity index (χ0n) is 25.9. The van der Waals surface area contributed by atoms with Gasteiger partial charge in [-0.2, -0.15) is 0 Å². The molecule has 0 aliphatic rings. The van der Waals surface area contributed by atoms with Gasteiger partial charge in [0.25, 0.3) is 5.91 Å². The van der Waals surface area contributed by atoms with E-state index in [4.69, 9.17) is 33.2 Å². The molecule has 15 heteroatoms. The SMILES string of the molecule is COc1ccccc1CNC(=O)[C@@H](OC(=O)c1ccc(OC(C)=O)c(OC)c1)[C@@H](OC(=O)c1ccc(OC(C)=O)c(OC)c1)C(=O)O. The molecule has 0 aromatic heterocycles. The molecule has 2 atom stereocenters. The number of ether oxygens (including phenoxy) is 7. The van der Waals surface area contributed by atoms with Crippen LogP contribution in [0, 0.1) is 0 Å². The molecule has 0 aliphatic carbocycles. The highest BCUT2D eigenvalue weighted by atomic mass is 16.6. The van der Waals surface area contributed by atoms with E-state index in [0.29, 0.717) is 11.3 Å². The summed E-state index contributed by atoms with van der Waals surface area (Å²) < 4.78 is 36.1. The number of hydrogen-bond donors (Lipinski definition) is 2. The zero-order chi connectivity index (χ0) is 34.7. The van der Waals surface area contributed by atoms with Gasteiger partial charge >= 0.3 is 29.8 Å². The summed E-state index contributed by atoms with van der Waals surface area (Å²) in [5, 5.41) is 12.5. The molecule has 3 aromatic carbocycles. The number of carbonyl (C=O) groups excluding carboxylic acids is 5. The molecule has 0 bridgehead atoms. The van der Waals surface area contributed by atoms with Crippen molar-refractivity contribution in [1.29, 1.82) is 0 Å². The summed E-state index contributed by atoms with van der Waals surface area (Å²) >= 11 is 0. The largest absolute Gasteiger partial charge is 0.496 e. The lowest BCUT2D eigenvalue weighted by molar-refractivity contribution is -0.159. The first-order valence-electron chi connectivity index (χ1n) is 13.7. The number of para-hydroxylation sites is 1. The second-order valence-corrected chi connectivity index (χ2v) is 9.44. The van der Waals surface area contributed by atoms with Gasteiger partial charge in [-0.05, 0) is 42.5 Å². The van der Waals surface area contributed by atoms with Crippen molar-refractivity contribution in [2.45, 2.75) is 32.6 Å². The lowest BCUT2D eigenvalue weighted by Gasteiger charge is -2.24. The standard InChI is InChI=1S/C32H31NO14/c1-17(34)44-23-12-10-19(14-25(23)42-4)31(39)46-27(29(36)33-16-21-8-6-7-9-22(21)41-3)28(30(37)38)47-32(40)20-11-13-24(45-18(2)35)26(15-20)43-5/h6-15,27-28H,16H2,1-5H3,(H,33,36)(H,37,38)/t27-,28+/m0/s1. The molecule has 248 valence electrons. The van der Waals surface area contributed by atoms with Gasteiger partial charge in [-0.1, -0.05) is 18.2 Å². The van der Waals surface area contributed by atoms with E-state index in [1.54, 1.807) is 24.3 Å². The van der Waals surface area contributed by atoms with Crippen LogP contribution in [-0.2, 0) is 35.2 Å². The van der Waals surface area contributed by atoms with E-state index >= 15 is 0 Å². The fraction of sp³-hybridized carbons (Fsp3) is 0.250. The van der Waals surface area contributed by atoms with Gasteiger partial charge in [-0.25, -0.2) is 14.4 Å². The predicted octanol–water partition coefficient (Wildman–Crippen LogP) is 2.71. The normalized spacial score (nSPS) is 11.6. The molecule has 0 spiro atoms. The summed E-state index contributed by atoms with van der Waals surface area (Å²) in [5.74, 6) is -6.44. The molecule has 2 N–H and O–H groups in total. The third-order valence-corrected chi connectivity index (χ3v) is 6.20. The monoisotopic (exact) mass is 653 g/mol. The number of methoxy groups -OCH3 is 3. The minimum absolute atomic E-state index is 0.0184. The fourth-order valence-electron chi connectivity index (χ4n) is 4.06. The average molecular weight is 654 g/mol. The Morgan fingerprint density at radius 2 is 1.11 bits per heavy atom. The van der Waals surface area contributed by atoms with Gasteiger partial charge in [-0.15, -0.1) is 0 Å². The maximum absolute atomic E-state index is 13.5. The molecule has 0 radical (unpaired) electrons. The third kappa shape index (κ3) is 9.43. The zero-order valence-corrected chi connectivity index (χ0v) is 25.9. The number of esters is 4. The van der Waals surface area contributed by atoms with Crippen LogP contribution < -0.4 is 29.0 Å². The number of rotatable bonds is 14. The molecule has 1 amide bonds. The van der Waals surface area contributed by atoms with Crippen molar-refractivity contribution >= 4 is 35.8 Å². The Hall–Kier alpha value is -6.12. The van der Waals surface area contributed by atoms with Crippen LogP contribution in [0.2, 0.25) is 0 Å². The van der Waals surface area contributed by atoms with Crippen molar-refractivity contribution in [2.75, 3.05) is 21.3 Å². The molecular formula is C32H31NO14. The number of hydrogen-bond acceptors (Lipinski definition) is 13. The quantitative estimate of drug-likeness (QED) is 0.190. The van der Waals surface area contributed by atoms with Crippen LogP contribution in [0.5, 0.6) is 28.7 Å². The van der Waals surface area contributed by atoms with Gasteiger partial charge < -0.3 is 43.6 Å². The fourth-order valence-corrected chi connectivity index (χ4v) is 4.06. The van der Waals surface area contributed by atoms with Crippen LogP contribution in [0.1, 0.15) is 40.1 Å². The Morgan fingerprint density at radius 1 is 0.638 bits per heavy atom. The smallest absolute Gasteiger partial charge is 0.349 e. The van der Waals surface area contributed by atoms with Crippen molar-refractivity contribution in [3.63, 3.8) is 0 Å². The summed E-state index contributed by atoms with van der Waals surface area (Å²) in [7, 11) is 3.91. The molecule has 0 saturated heterocycles. The lowest BCUT2D eigenvalue weighted by atomic mass is 10.1. The Balaban J connectivity index is 1.96. The van der Waals surface area contributed by atoms with Crippen LogP contribution in [-0.4, -0.2) is 74.4 Å². The molecule has 3 aromatic rings. The van der Waals surface area contributed by atoms with Gasteiger partial charge in [0.15, 0.2) is 23.0 Å². The topological polar surface area (TPSA) is 199 Å². The summed E-state index contributed by atoms with van der Waals surface area (Å²) in [6.07, 6.45) is -4.58. The number of carboxylic acid groups (broad SMARTS) is 1. The molecule has 47 heavy (non-hydrogen) atoms. The minimum atomic E-state index is -2.36. The van der Waals surface area contributed by atoms with Gasteiger partial charge in [0.2, 0.25) is 12.2 Å².